The Morgan fingerprint density at radius 1 is 1.27 bits per heavy atom. The maximum Gasteiger partial charge on any atom is 0.247 e. The number of pyridine rings is 1. The van der Waals surface area contributed by atoms with Gasteiger partial charge in [0.15, 0.2) is 11.6 Å². The van der Waals surface area contributed by atoms with Crippen molar-refractivity contribution < 1.29 is 23.9 Å². The number of fused-ring (bicyclic) bond motifs is 1. The Kier molecular flexibility index (Phi) is 5.90. The number of hydroxylamine groups is 1. The fraction of sp³-hybridized carbons (Fsp3) is 0.292. The predicted molar refractivity (Wildman–Crippen MR) is 120 cm³/mol. The first kappa shape index (κ1) is 22.5. The van der Waals surface area contributed by atoms with E-state index in [0.717, 1.165) is 22.3 Å². The monoisotopic (exact) mass is 452 g/mol. The third-order valence-corrected chi connectivity index (χ3v) is 6.14. The number of aromatic nitrogens is 1. The van der Waals surface area contributed by atoms with E-state index in [1.165, 1.54) is 12.1 Å². The van der Waals surface area contributed by atoms with Crippen molar-refractivity contribution in [3.8, 4) is 5.75 Å². The zero-order chi connectivity index (χ0) is 23.8. The van der Waals surface area contributed by atoms with Gasteiger partial charge in [0.05, 0.1) is 16.8 Å². The number of benzene rings is 2. The first-order valence-electron chi connectivity index (χ1n) is 10.5. The van der Waals surface area contributed by atoms with Crippen LogP contribution in [0.2, 0.25) is 0 Å². The molecule has 1 aliphatic carbocycles. The fourth-order valence-electron chi connectivity index (χ4n) is 4.15. The van der Waals surface area contributed by atoms with Crippen molar-refractivity contribution in [3.63, 3.8) is 0 Å². The lowest BCUT2D eigenvalue weighted by Crippen LogP contribution is -2.33. The van der Waals surface area contributed by atoms with Crippen LogP contribution < -0.4 is 20.9 Å². The Bertz CT molecular complexity index is 1230. The molecule has 2 aromatic carbocycles. The van der Waals surface area contributed by atoms with Crippen molar-refractivity contribution in [3.05, 3.63) is 65.5 Å². The highest BCUT2D eigenvalue weighted by Crippen LogP contribution is 2.54. The molecule has 9 heteroatoms. The van der Waals surface area contributed by atoms with Gasteiger partial charge in [-0.25, -0.2) is 14.9 Å². The Hall–Kier alpha value is -3.72. The summed E-state index contributed by atoms with van der Waals surface area (Å²) >= 11 is 0. The van der Waals surface area contributed by atoms with Crippen LogP contribution in [0.3, 0.4) is 0 Å². The number of nitrogens with one attached hydrogen (secondary N) is 1. The smallest absolute Gasteiger partial charge is 0.247 e. The topological polar surface area (TPSA) is 118 Å². The first-order valence-corrected chi connectivity index (χ1v) is 10.5. The van der Waals surface area contributed by atoms with Gasteiger partial charge < -0.3 is 15.4 Å². The molecule has 0 bridgehead atoms. The number of rotatable bonds is 8. The number of primary amides is 1. The summed E-state index contributed by atoms with van der Waals surface area (Å²) < 4.78 is 20.6. The predicted octanol–water partition coefficient (Wildman–Crippen LogP) is 2.56. The van der Waals surface area contributed by atoms with Crippen LogP contribution in [-0.2, 0) is 22.6 Å². The number of carbonyl (C=O) groups excluding carboxylic acids is 2. The molecule has 0 unspecified atom stereocenters. The summed E-state index contributed by atoms with van der Waals surface area (Å²) in [4.78, 5) is 30.2. The molecule has 1 fully saturated rings. The van der Waals surface area contributed by atoms with Crippen molar-refractivity contribution >= 4 is 28.5 Å². The summed E-state index contributed by atoms with van der Waals surface area (Å²) in [6.07, 6.45) is 0.302. The van der Waals surface area contributed by atoms with Crippen LogP contribution in [-0.4, -0.2) is 36.1 Å². The molecule has 0 aliphatic heterocycles. The van der Waals surface area contributed by atoms with Crippen LogP contribution in [0.5, 0.6) is 5.75 Å². The number of nitrogens with zero attached hydrogens (tertiary/aromatic N) is 2. The van der Waals surface area contributed by atoms with Crippen molar-refractivity contribution in [2.75, 3.05) is 19.0 Å². The SMILES string of the molecule is CN(C)c1cc(COc2ccc(C[C@]3(C(N)=O)C[C@@H]3C(=O)NO)cc2F)c2ccccc2n1. The van der Waals surface area contributed by atoms with Gasteiger partial charge in [-0.3, -0.25) is 14.8 Å². The minimum absolute atomic E-state index is 0.0691. The molecule has 4 rings (SSSR count). The lowest BCUT2D eigenvalue weighted by atomic mass is 9.92. The fourth-order valence-corrected chi connectivity index (χ4v) is 4.15. The Labute approximate surface area is 190 Å². The Morgan fingerprint density at radius 2 is 2.03 bits per heavy atom. The van der Waals surface area contributed by atoms with E-state index in [1.807, 2.05) is 49.3 Å². The molecule has 0 spiro atoms. The van der Waals surface area contributed by atoms with E-state index in [-0.39, 0.29) is 25.2 Å². The molecular formula is C24H25FN4O4. The van der Waals surface area contributed by atoms with Crippen LogP contribution in [0.4, 0.5) is 10.2 Å². The molecule has 2 amide bonds. The van der Waals surface area contributed by atoms with E-state index < -0.39 is 29.0 Å². The molecule has 1 aromatic heterocycles. The standard InChI is InChI=1S/C24H25FN4O4/c1-29(2)21-10-15(16-5-3-4-6-19(16)27-21)13-33-20-8-7-14(9-18(20)25)11-24(23(26)31)12-17(24)22(30)28-32/h3-10,17,32H,11-13H2,1-2H3,(H2,26,31)(H,28,30)/t17-,24+/m1/s1. The lowest BCUT2D eigenvalue weighted by molar-refractivity contribution is -0.134. The molecular weight excluding hydrogens is 427 g/mol. The molecule has 1 saturated carbocycles. The van der Waals surface area contributed by atoms with Crippen molar-refractivity contribution in [1.82, 2.24) is 10.5 Å². The number of hydrogen-bond donors (Lipinski definition) is 3. The summed E-state index contributed by atoms with van der Waals surface area (Å²) in [6.45, 7) is 0.143. The lowest BCUT2D eigenvalue weighted by Gasteiger charge is -2.16. The minimum atomic E-state index is -1.12. The van der Waals surface area contributed by atoms with Gasteiger partial charge in [0.2, 0.25) is 11.8 Å². The Morgan fingerprint density at radius 3 is 2.70 bits per heavy atom. The highest BCUT2D eigenvalue weighted by atomic mass is 19.1. The molecule has 4 N–H and O–H groups in total. The summed E-state index contributed by atoms with van der Waals surface area (Å²) in [7, 11) is 3.79. The third kappa shape index (κ3) is 4.31. The molecule has 1 heterocycles. The summed E-state index contributed by atoms with van der Waals surface area (Å²) in [5.41, 5.74) is 8.12. The van der Waals surface area contributed by atoms with E-state index in [2.05, 4.69) is 4.98 Å². The van der Waals surface area contributed by atoms with Gasteiger partial charge in [-0.15, -0.1) is 0 Å². The van der Waals surface area contributed by atoms with Gasteiger partial charge in [0.25, 0.3) is 0 Å². The molecule has 8 nitrogen and oxygen atoms in total. The van der Waals surface area contributed by atoms with Gasteiger partial charge >= 0.3 is 0 Å². The van der Waals surface area contributed by atoms with E-state index in [1.54, 1.807) is 11.5 Å². The van der Waals surface area contributed by atoms with Crippen LogP contribution in [0.15, 0.2) is 48.5 Å². The third-order valence-electron chi connectivity index (χ3n) is 6.14. The van der Waals surface area contributed by atoms with E-state index in [0.29, 0.717) is 5.56 Å². The van der Waals surface area contributed by atoms with E-state index in [9.17, 15) is 14.0 Å². The second kappa shape index (κ2) is 8.67. The summed E-state index contributed by atoms with van der Waals surface area (Å²) in [5, 5.41) is 9.76. The van der Waals surface area contributed by atoms with Gasteiger partial charge in [-0.05, 0) is 42.7 Å². The minimum Gasteiger partial charge on any atom is -0.486 e. The van der Waals surface area contributed by atoms with Gasteiger partial charge in [-0.1, -0.05) is 24.3 Å². The van der Waals surface area contributed by atoms with Gasteiger partial charge in [0.1, 0.15) is 12.4 Å². The number of halogens is 1. The normalized spacial score (nSPS) is 19.2. The number of anilines is 1. The first-order chi connectivity index (χ1) is 15.7. The van der Waals surface area contributed by atoms with E-state index in [4.69, 9.17) is 15.7 Å². The van der Waals surface area contributed by atoms with Crippen LogP contribution >= 0.6 is 0 Å². The zero-order valence-corrected chi connectivity index (χ0v) is 18.3. The number of carbonyl (C=O) groups is 2. The average molecular weight is 452 g/mol. The van der Waals surface area contributed by atoms with Gasteiger partial charge in [-0.2, -0.15) is 0 Å². The number of amides is 2. The second-order valence-corrected chi connectivity index (χ2v) is 8.53. The van der Waals surface area contributed by atoms with Crippen LogP contribution in [0.25, 0.3) is 10.9 Å². The van der Waals surface area contributed by atoms with Crippen molar-refractivity contribution in [1.29, 1.82) is 0 Å². The number of hydrogen-bond acceptors (Lipinski definition) is 6. The summed E-state index contributed by atoms with van der Waals surface area (Å²) in [5.74, 6) is -1.80. The number of para-hydroxylation sites is 1. The largest absolute Gasteiger partial charge is 0.486 e. The summed E-state index contributed by atoms with van der Waals surface area (Å²) in [6, 6.07) is 14.0. The molecule has 172 valence electrons. The molecule has 1 aliphatic rings. The van der Waals surface area contributed by atoms with Crippen LogP contribution in [0, 0.1) is 17.2 Å². The van der Waals surface area contributed by atoms with Crippen molar-refractivity contribution in [2.45, 2.75) is 19.4 Å². The molecule has 2 atom stereocenters. The number of nitrogens with two attached hydrogens (primary N) is 1. The number of ether oxygens (including phenoxy) is 1. The maximum absolute atomic E-state index is 14.8. The quantitative estimate of drug-likeness (QED) is 0.357. The molecule has 0 saturated heterocycles. The Balaban J connectivity index is 1.52. The highest BCUT2D eigenvalue weighted by Gasteiger charge is 2.62. The second-order valence-electron chi connectivity index (χ2n) is 8.53. The zero-order valence-electron chi connectivity index (χ0n) is 18.3. The van der Waals surface area contributed by atoms with Gasteiger partial charge in [0, 0.05) is 25.0 Å². The van der Waals surface area contributed by atoms with Crippen LogP contribution in [0.1, 0.15) is 17.5 Å². The average Bonchev–Trinajstić information content (AvgIpc) is 3.53. The molecule has 33 heavy (non-hydrogen) atoms. The molecule has 0 radical (unpaired) electrons. The highest BCUT2D eigenvalue weighted by molar-refractivity contribution is 5.95. The van der Waals surface area contributed by atoms with E-state index >= 15 is 0 Å². The molecule has 3 aromatic rings. The maximum atomic E-state index is 14.8. The van der Waals surface area contributed by atoms with Crippen molar-refractivity contribution in [2.24, 2.45) is 17.1 Å².